The van der Waals surface area contributed by atoms with Crippen LogP contribution in [0, 0.1) is 6.92 Å². The molecule has 22 heavy (non-hydrogen) atoms. The van der Waals surface area contributed by atoms with Gasteiger partial charge in [-0.15, -0.1) is 0 Å². The first-order valence-corrected chi connectivity index (χ1v) is 6.84. The minimum absolute atomic E-state index is 0.424. The molecule has 116 valence electrons. The van der Waals surface area contributed by atoms with Crippen LogP contribution in [0.25, 0.3) is 0 Å². The smallest absolute Gasteiger partial charge is 0.239 e. The minimum atomic E-state index is -0.464. The third-order valence-electron chi connectivity index (χ3n) is 3.16. The SMILES string of the molecule is COc1ccc(C)c(Oc2ccc(N[C@H](C)C(N)=O)cn2)c1. The number of nitrogens with zero attached hydrogens (tertiary/aromatic N) is 1. The van der Waals surface area contributed by atoms with Crippen LogP contribution < -0.4 is 20.5 Å². The monoisotopic (exact) mass is 301 g/mol. The van der Waals surface area contributed by atoms with E-state index in [9.17, 15) is 4.79 Å². The number of nitrogens with one attached hydrogen (secondary N) is 1. The maximum Gasteiger partial charge on any atom is 0.239 e. The fourth-order valence-electron chi connectivity index (χ4n) is 1.78. The Bertz CT molecular complexity index is 656. The second kappa shape index (κ2) is 6.80. The van der Waals surface area contributed by atoms with Crippen LogP contribution >= 0.6 is 0 Å². The molecule has 1 heterocycles. The van der Waals surface area contributed by atoms with Gasteiger partial charge in [0.2, 0.25) is 11.8 Å². The van der Waals surface area contributed by atoms with Crippen molar-refractivity contribution in [1.29, 1.82) is 0 Å². The van der Waals surface area contributed by atoms with Crippen molar-refractivity contribution >= 4 is 11.6 Å². The van der Waals surface area contributed by atoms with Gasteiger partial charge in [-0.2, -0.15) is 0 Å². The Kier molecular flexibility index (Phi) is 4.83. The molecule has 0 unspecified atom stereocenters. The van der Waals surface area contributed by atoms with Crippen molar-refractivity contribution in [3.63, 3.8) is 0 Å². The second-order valence-corrected chi connectivity index (χ2v) is 4.89. The lowest BCUT2D eigenvalue weighted by Crippen LogP contribution is -2.32. The number of nitrogens with two attached hydrogens (primary N) is 1. The maximum absolute atomic E-state index is 11.0. The van der Waals surface area contributed by atoms with Crippen LogP contribution in [0.2, 0.25) is 0 Å². The van der Waals surface area contributed by atoms with Crippen molar-refractivity contribution in [1.82, 2.24) is 4.98 Å². The number of rotatable bonds is 6. The van der Waals surface area contributed by atoms with E-state index in [1.165, 1.54) is 0 Å². The average molecular weight is 301 g/mol. The van der Waals surface area contributed by atoms with Gasteiger partial charge in [0, 0.05) is 12.1 Å². The molecular formula is C16H19N3O3. The number of hydrogen-bond donors (Lipinski definition) is 2. The van der Waals surface area contributed by atoms with Crippen LogP contribution in [0.1, 0.15) is 12.5 Å². The molecule has 2 aromatic rings. The van der Waals surface area contributed by atoms with E-state index >= 15 is 0 Å². The van der Waals surface area contributed by atoms with E-state index in [4.69, 9.17) is 15.2 Å². The Hall–Kier alpha value is -2.76. The summed E-state index contributed by atoms with van der Waals surface area (Å²) in [4.78, 5) is 15.2. The number of aromatic nitrogens is 1. The Morgan fingerprint density at radius 1 is 1.32 bits per heavy atom. The molecule has 1 aromatic heterocycles. The summed E-state index contributed by atoms with van der Waals surface area (Å²) >= 11 is 0. The third-order valence-corrected chi connectivity index (χ3v) is 3.16. The largest absolute Gasteiger partial charge is 0.497 e. The normalized spacial score (nSPS) is 11.6. The molecule has 0 bridgehead atoms. The molecule has 6 heteroatoms. The van der Waals surface area contributed by atoms with Gasteiger partial charge in [0.05, 0.1) is 19.0 Å². The standard InChI is InChI=1S/C16H19N3O3/c1-10-4-6-13(21-3)8-14(10)22-15-7-5-12(9-18-15)19-11(2)16(17)20/h4-9,11,19H,1-3H3,(H2,17,20)/t11-/m1/s1. The highest BCUT2D eigenvalue weighted by Gasteiger charge is 2.09. The zero-order chi connectivity index (χ0) is 16.1. The lowest BCUT2D eigenvalue weighted by molar-refractivity contribution is -0.118. The molecular weight excluding hydrogens is 282 g/mol. The number of carbonyl (C=O) groups excluding carboxylic acids is 1. The lowest BCUT2D eigenvalue weighted by Gasteiger charge is -2.12. The van der Waals surface area contributed by atoms with E-state index in [0.717, 1.165) is 5.56 Å². The van der Waals surface area contributed by atoms with Gasteiger partial charge in [0.15, 0.2) is 0 Å². The number of hydrogen-bond acceptors (Lipinski definition) is 5. The molecule has 0 aliphatic rings. The molecule has 0 radical (unpaired) electrons. The zero-order valence-corrected chi connectivity index (χ0v) is 12.8. The molecule has 6 nitrogen and oxygen atoms in total. The molecule has 0 aliphatic heterocycles. The van der Waals surface area contributed by atoms with Crippen LogP contribution in [0.5, 0.6) is 17.4 Å². The highest BCUT2D eigenvalue weighted by atomic mass is 16.5. The van der Waals surface area contributed by atoms with E-state index in [2.05, 4.69) is 10.3 Å². The van der Waals surface area contributed by atoms with Crippen LogP contribution in [0.4, 0.5) is 5.69 Å². The van der Waals surface area contributed by atoms with Gasteiger partial charge in [-0.1, -0.05) is 6.07 Å². The van der Waals surface area contributed by atoms with Crippen molar-refractivity contribution in [2.24, 2.45) is 5.73 Å². The average Bonchev–Trinajstić information content (AvgIpc) is 2.51. The minimum Gasteiger partial charge on any atom is -0.497 e. The van der Waals surface area contributed by atoms with Gasteiger partial charge >= 0.3 is 0 Å². The molecule has 0 saturated carbocycles. The summed E-state index contributed by atoms with van der Waals surface area (Å²) in [5.74, 6) is 1.42. The van der Waals surface area contributed by atoms with Gasteiger partial charge < -0.3 is 20.5 Å². The summed E-state index contributed by atoms with van der Waals surface area (Å²) in [6.45, 7) is 3.63. The van der Waals surface area contributed by atoms with Crippen molar-refractivity contribution in [2.45, 2.75) is 19.9 Å². The summed E-state index contributed by atoms with van der Waals surface area (Å²) in [7, 11) is 1.60. The molecule has 0 aliphatic carbocycles. The molecule has 0 fully saturated rings. The second-order valence-electron chi connectivity index (χ2n) is 4.89. The van der Waals surface area contributed by atoms with E-state index < -0.39 is 11.9 Å². The Balaban J connectivity index is 2.10. The molecule has 3 N–H and O–H groups in total. The van der Waals surface area contributed by atoms with Crippen molar-refractivity contribution in [2.75, 3.05) is 12.4 Å². The molecule has 0 spiro atoms. The number of carbonyl (C=O) groups is 1. The number of aryl methyl sites for hydroxylation is 1. The maximum atomic E-state index is 11.0. The molecule has 1 amide bonds. The van der Waals surface area contributed by atoms with Crippen LogP contribution in [-0.2, 0) is 4.79 Å². The van der Waals surface area contributed by atoms with Crippen molar-refractivity contribution < 1.29 is 14.3 Å². The summed E-state index contributed by atoms with van der Waals surface area (Å²) in [6.07, 6.45) is 1.59. The van der Waals surface area contributed by atoms with E-state index in [-0.39, 0.29) is 0 Å². The van der Waals surface area contributed by atoms with Crippen molar-refractivity contribution in [3.8, 4) is 17.4 Å². The number of amides is 1. The first kappa shape index (κ1) is 15.6. The van der Waals surface area contributed by atoms with Crippen LogP contribution in [0.15, 0.2) is 36.5 Å². The first-order chi connectivity index (χ1) is 10.5. The van der Waals surface area contributed by atoms with Crippen molar-refractivity contribution in [3.05, 3.63) is 42.1 Å². The summed E-state index contributed by atoms with van der Waals surface area (Å²) < 4.78 is 10.9. The van der Waals surface area contributed by atoms with Gasteiger partial charge in [-0.3, -0.25) is 4.79 Å². The molecule has 1 aromatic carbocycles. The summed E-state index contributed by atoms with van der Waals surface area (Å²) in [5.41, 5.74) is 6.88. The quantitative estimate of drug-likeness (QED) is 0.856. The third kappa shape index (κ3) is 3.88. The fourth-order valence-corrected chi connectivity index (χ4v) is 1.78. The topological polar surface area (TPSA) is 86.5 Å². The number of ether oxygens (including phenoxy) is 2. The molecule has 1 atom stereocenters. The van der Waals surface area contributed by atoms with Crippen LogP contribution in [0.3, 0.4) is 0 Å². The zero-order valence-electron chi connectivity index (χ0n) is 12.8. The van der Waals surface area contributed by atoms with Crippen LogP contribution in [-0.4, -0.2) is 24.0 Å². The number of primary amides is 1. The van der Waals surface area contributed by atoms with E-state index in [1.54, 1.807) is 38.4 Å². The number of methoxy groups -OCH3 is 1. The lowest BCUT2D eigenvalue weighted by atomic mass is 10.2. The first-order valence-electron chi connectivity index (χ1n) is 6.84. The number of benzene rings is 1. The van der Waals surface area contributed by atoms with Gasteiger partial charge in [-0.05, 0) is 31.5 Å². The Morgan fingerprint density at radius 3 is 2.68 bits per heavy atom. The molecule has 2 rings (SSSR count). The van der Waals surface area contributed by atoms with Gasteiger partial charge in [0.1, 0.15) is 17.5 Å². The summed E-state index contributed by atoms with van der Waals surface area (Å²) in [6, 6.07) is 8.62. The van der Waals surface area contributed by atoms with Gasteiger partial charge in [-0.25, -0.2) is 4.98 Å². The van der Waals surface area contributed by atoms with E-state index in [0.29, 0.717) is 23.1 Å². The number of anilines is 1. The predicted octanol–water partition coefficient (Wildman–Crippen LogP) is 2.48. The number of pyridine rings is 1. The fraction of sp³-hybridized carbons (Fsp3) is 0.250. The predicted molar refractivity (Wildman–Crippen MR) is 84.3 cm³/mol. The Morgan fingerprint density at radius 2 is 2.09 bits per heavy atom. The Labute approximate surface area is 129 Å². The summed E-state index contributed by atoms with van der Waals surface area (Å²) in [5, 5.41) is 2.95. The van der Waals surface area contributed by atoms with E-state index in [1.807, 2.05) is 19.1 Å². The highest BCUT2D eigenvalue weighted by molar-refractivity contribution is 5.82. The van der Waals surface area contributed by atoms with Gasteiger partial charge in [0.25, 0.3) is 0 Å². The highest BCUT2D eigenvalue weighted by Crippen LogP contribution is 2.28. The molecule has 0 saturated heterocycles.